The third-order valence-corrected chi connectivity index (χ3v) is 2.66. The van der Waals surface area contributed by atoms with E-state index in [1.54, 1.807) is 6.33 Å². The largest absolute Gasteiger partial charge is 0.370 e. The Balaban J connectivity index is 2.54. The van der Waals surface area contributed by atoms with Gasteiger partial charge in [0.25, 0.3) is 0 Å². The highest BCUT2D eigenvalue weighted by Crippen LogP contribution is 2.15. The molecule has 0 aliphatic carbocycles. The average Bonchev–Trinajstić information content (AvgIpc) is 2.35. The molecule has 1 aromatic rings. The molecule has 0 radical (unpaired) electrons. The van der Waals surface area contributed by atoms with Crippen LogP contribution in [-0.4, -0.2) is 29.6 Å². The first-order chi connectivity index (χ1) is 8.43. The number of nitrogens with two attached hydrogens (primary N) is 1. The number of hydrogen-bond acceptors (Lipinski definition) is 5. The molecule has 18 heavy (non-hydrogen) atoms. The molecule has 0 aromatic carbocycles. The highest BCUT2D eigenvalue weighted by molar-refractivity contribution is 5.46. The minimum atomic E-state index is 0.0659. The second kappa shape index (κ2) is 6.54. The molecule has 0 unspecified atom stereocenters. The van der Waals surface area contributed by atoms with Crippen LogP contribution in [-0.2, 0) is 0 Å². The van der Waals surface area contributed by atoms with E-state index in [9.17, 15) is 0 Å². The summed E-state index contributed by atoms with van der Waals surface area (Å²) in [5, 5.41) is 6.57. The van der Waals surface area contributed by atoms with Crippen LogP contribution in [0.3, 0.4) is 0 Å². The summed E-state index contributed by atoms with van der Waals surface area (Å²) in [5.74, 6) is 2.28. The molecule has 0 aliphatic heterocycles. The van der Waals surface area contributed by atoms with E-state index in [2.05, 4.69) is 48.3 Å². The maximum Gasteiger partial charge on any atom is 0.131 e. The predicted molar refractivity (Wildman–Crippen MR) is 76.7 cm³/mol. The number of anilines is 2. The zero-order chi connectivity index (χ0) is 13.6. The van der Waals surface area contributed by atoms with Gasteiger partial charge in [-0.15, -0.1) is 0 Å². The molecular formula is C13H25N5. The fourth-order valence-electron chi connectivity index (χ4n) is 1.26. The summed E-state index contributed by atoms with van der Waals surface area (Å²) < 4.78 is 0. The Morgan fingerprint density at radius 1 is 1.22 bits per heavy atom. The molecule has 0 atom stereocenters. The third-order valence-electron chi connectivity index (χ3n) is 2.66. The van der Waals surface area contributed by atoms with Crippen molar-refractivity contribution in [2.24, 2.45) is 17.1 Å². The lowest BCUT2D eigenvalue weighted by Crippen LogP contribution is -2.31. The van der Waals surface area contributed by atoms with Gasteiger partial charge in [0.05, 0.1) is 0 Å². The third kappa shape index (κ3) is 5.31. The first-order valence-electron chi connectivity index (χ1n) is 6.43. The lowest BCUT2D eigenvalue weighted by atomic mass is 9.94. The molecule has 0 bridgehead atoms. The van der Waals surface area contributed by atoms with Gasteiger partial charge in [0.2, 0.25) is 0 Å². The fraction of sp³-hybridized carbons (Fsp3) is 0.692. The van der Waals surface area contributed by atoms with E-state index >= 15 is 0 Å². The van der Waals surface area contributed by atoms with Crippen LogP contribution in [0, 0.1) is 11.3 Å². The van der Waals surface area contributed by atoms with Gasteiger partial charge in [-0.2, -0.15) is 0 Å². The van der Waals surface area contributed by atoms with Crippen LogP contribution in [0.5, 0.6) is 0 Å². The minimum absolute atomic E-state index is 0.0659. The Morgan fingerprint density at radius 2 is 1.83 bits per heavy atom. The van der Waals surface area contributed by atoms with E-state index in [0.29, 0.717) is 12.5 Å². The molecule has 0 saturated carbocycles. The molecule has 1 rings (SSSR count). The molecule has 1 heterocycles. The summed E-state index contributed by atoms with van der Waals surface area (Å²) >= 11 is 0. The zero-order valence-electron chi connectivity index (χ0n) is 11.8. The van der Waals surface area contributed by atoms with Gasteiger partial charge in [-0.05, 0) is 17.9 Å². The molecule has 0 amide bonds. The van der Waals surface area contributed by atoms with Gasteiger partial charge in [0.1, 0.15) is 18.0 Å². The van der Waals surface area contributed by atoms with Crippen molar-refractivity contribution in [2.75, 3.05) is 30.3 Å². The summed E-state index contributed by atoms with van der Waals surface area (Å²) in [6, 6.07) is 1.93. The van der Waals surface area contributed by atoms with Crippen molar-refractivity contribution >= 4 is 11.6 Å². The molecule has 0 fully saturated rings. The number of nitrogens with zero attached hydrogens (tertiary/aromatic N) is 2. The van der Waals surface area contributed by atoms with Gasteiger partial charge in [-0.1, -0.05) is 27.7 Å². The quantitative estimate of drug-likeness (QED) is 0.690. The average molecular weight is 251 g/mol. The van der Waals surface area contributed by atoms with Crippen molar-refractivity contribution in [3.8, 4) is 0 Å². The second-order valence-corrected chi connectivity index (χ2v) is 5.79. The molecule has 5 heteroatoms. The monoisotopic (exact) mass is 251 g/mol. The first-order valence-corrected chi connectivity index (χ1v) is 6.43. The van der Waals surface area contributed by atoms with Crippen molar-refractivity contribution < 1.29 is 0 Å². The Morgan fingerprint density at radius 3 is 2.39 bits per heavy atom. The van der Waals surface area contributed by atoms with Crippen molar-refractivity contribution in [1.82, 2.24) is 9.97 Å². The van der Waals surface area contributed by atoms with E-state index < -0.39 is 0 Å². The Kier molecular flexibility index (Phi) is 5.34. The van der Waals surface area contributed by atoms with Crippen molar-refractivity contribution in [1.29, 1.82) is 0 Å². The lowest BCUT2D eigenvalue weighted by Gasteiger charge is -2.23. The van der Waals surface area contributed by atoms with Gasteiger partial charge < -0.3 is 16.4 Å². The lowest BCUT2D eigenvalue weighted by molar-refractivity contribution is 0.405. The maximum absolute atomic E-state index is 5.70. The van der Waals surface area contributed by atoms with Crippen LogP contribution in [0.25, 0.3) is 0 Å². The van der Waals surface area contributed by atoms with Crippen LogP contribution in [0.2, 0.25) is 0 Å². The van der Waals surface area contributed by atoms with Gasteiger partial charge >= 0.3 is 0 Å². The summed E-state index contributed by atoms with van der Waals surface area (Å²) in [4.78, 5) is 8.39. The topological polar surface area (TPSA) is 75.9 Å². The van der Waals surface area contributed by atoms with E-state index in [-0.39, 0.29) is 5.41 Å². The zero-order valence-corrected chi connectivity index (χ0v) is 11.8. The fourth-order valence-corrected chi connectivity index (χ4v) is 1.26. The van der Waals surface area contributed by atoms with Gasteiger partial charge in [-0.3, -0.25) is 0 Å². The Labute approximate surface area is 110 Å². The Hall–Kier alpha value is -1.36. The number of hydrogen-bond donors (Lipinski definition) is 3. The van der Waals surface area contributed by atoms with Crippen LogP contribution in [0.4, 0.5) is 11.6 Å². The highest BCUT2D eigenvalue weighted by Gasteiger charge is 2.15. The highest BCUT2D eigenvalue weighted by atomic mass is 15.1. The van der Waals surface area contributed by atoms with Crippen LogP contribution < -0.4 is 16.4 Å². The summed E-state index contributed by atoms with van der Waals surface area (Å²) in [7, 11) is 0. The molecular weight excluding hydrogens is 226 g/mol. The standard InChI is InChI=1S/C13H25N5/c1-10(2)6-15-11-5-12(18-9-17-11)16-8-13(3,4)7-14/h5,9-10H,6-8,14H2,1-4H3,(H2,15,16,17,18). The molecule has 102 valence electrons. The summed E-state index contributed by atoms with van der Waals surface area (Å²) in [6.45, 7) is 10.9. The smallest absolute Gasteiger partial charge is 0.131 e. The van der Waals surface area contributed by atoms with Crippen LogP contribution >= 0.6 is 0 Å². The predicted octanol–water partition coefficient (Wildman–Crippen LogP) is 1.94. The van der Waals surface area contributed by atoms with Crippen LogP contribution in [0.15, 0.2) is 12.4 Å². The van der Waals surface area contributed by atoms with E-state index in [1.807, 2.05) is 6.07 Å². The maximum atomic E-state index is 5.70. The van der Waals surface area contributed by atoms with Gasteiger partial charge in [-0.25, -0.2) is 9.97 Å². The SMILES string of the molecule is CC(C)CNc1cc(NCC(C)(C)CN)ncn1. The second-order valence-electron chi connectivity index (χ2n) is 5.79. The molecule has 0 saturated heterocycles. The van der Waals surface area contributed by atoms with Crippen molar-refractivity contribution in [2.45, 2.75) is 27.7 Å². The van der Waals surface area contributed by atoms with Crippen LogP contribution in [0.1, 0.15) is 27.7 Å². The molecule has 0 spiro atoms. The Bertz CT molecular complexity index is 362. The van der Waals surface area contributed by atoms with E-state index in [0.717, 1.165) is 24.7 Å². The number of rotatable bonds is 7. The molecule has 4 N–H and O–H groups in total. The van der Waals surface area contributed by atoms with Crippen molar-refractivity contribution in [3.63, 3.8) is 0 Å². The minimum Gasteiger partial charge on any atom is -0.370 e. The molecule has 1 aromatic heterocycles. The normalized spacial score (nSPS) is 11.7. The summed E-state index contributed by atoms with van der Waals surface area (Å²) in [5.41, 5.74) is 5.76. The first kappa shape index (κ1) is 14.7. The van der Waals surface area contributed by atoms with Gasteiger partial charge in [0.15, 0.2) is 0 Å². The van der Waals surface area contributed by atoms with E-state index in [4.69, 9.17) is 5.73 Å². The van der Waals surface area contributed by atoms with Crippen molar-refractivity contribution in [3.05, 3.63) is 12.4 Å². The van der Waals surface area contributed by atoms with Gasteiger partial charge in [0, 0.05) is 19.2 Å². The number of aromatic nitrogens is 2. The van der Waals surface area contributed by atoms with E-state index in [1.165, 1.54) is 0 Å². The number of nitrogens with one attached hydrogen (secondary N) is 2. The summed E-state index contributed by atoms with van der Waals surface area (Å²) in [6.07, 6.45) is 1.57. The molecule has 0 aliphatic rings. The molecule has 5 nitrogen and oxygen atoms in total.